The van der Waals surface area contributed by atoms with E-state index in [1.165, 1.54) is 0 Å². The number of halogens is 1. The number of hydrogen-bond acceptors (Lipinski definition) is 3. The van der Waals surface area contributed by atoms with Crippen LogP contribution in [0.3, 0.4) is 0 Å². The van der Waals surface area contributed by atoms with Crippen molar-refractivity contribution in [1.29, 1.82) is 0 Å². The molecule has 1 N–H and O–H groups in total. The van der Waals surface area contributed by atoms with Crippen molar-refractivity contribution in [2.45, 2.75) is 13.3 Å². The third-order valence-electron chi connectivity index (χ3n) is 2.20. The summed E-state index contributed by atoms with van der Waals surface area (Å²) in [5.41, 5.74) is 0.919. The van der Waals surface area contributed by atoms with Crippen LogP contribution in [0.15, 0.2) is 29.4 Å². The van der Waals surface area contributed by atoms with Crippen LogP contribution in [0.5, 0.6) is 0 Å². The normalized spacial score (nSPS) is 11.2. The molecule has 0 aliphatic carbocycles. The average Bonchev–Trinajstić information content (AvgIpc) is 2.67. The lowest BCUT2D eigenvalue weighted by atomic mass is 10.2. The van der Waals surface area contributed by atoms with E-state index in [4.69, 9.17) is 23.8 Å². The molecule has 0 saturated heterocycles. The summed E-state index contributed by atoms with van der Waals surface area (Å²) in [6.45, 7) is 2.00. The Bertz CT molecular complexity index is 600. The van der Waals surface area contributed by atoms with Crippen LogP contribution in [0.4, 0.5) is 0 Å². The first kappa shape index (κ1) is 12.0. The topological polar surface area (TPSA) is 46.0 Å². The summed E-state index contributed by atoms with van der Waals surface area (Å²) in [6, 6.07) is 7.45. The number of nitrogens with one attached hydrogen (secondary N) is 1. The minimum atomic E-state index is 0.486. The highest BCUT2D eigenvalue weighted by atomic mass is 35.5. The largest absolute Gasteiger partial charge is 0.250 e. The van der Waals surface area contributed by atoms with Gasteiger partial charge in [-0.3, -0.25) is 5.10 Å². The van der Waals surface area contributed by atoms with Gasteiger partial charge in [-0.25, -0.2) is 0 Å². The Morgan fingerprint density at radius 2 is 2.41 bits per heavy atom. The highest BCUT2D eigenvalue weighted by Gasteiger charge is 2.00. The molecular formula is C11H11ClN4S. The van der Waals surface area contributed by atoms with Crippen LogP contribution < -0.4 is 0 Å². The van der Waals surface area contributed by atoms with Crippen LogP contribution in [0.2, 0.25) is 5.02 Å². The number of aromatic amines is 1. The Kier molecular flexibility index (Phi) is 3.71. The van der Waals surface area contributed by atoms with Gasteiger partial charge in [0, 0.05) is 11.4 Å². The van der Waals surface area contributed by atoms with Crippen LogP contribution >= 0.6 is 23.8 Å². The van der Waals surface area contributed by atoms with Gasteiger partial charge in [0.05, 0.1) is 6.21 Å². The Balaban J connectivity index is 2.32. The van der Waals surface area contributed by atoms with Crippen molar-refractivity contribution in [3.8, 4) is 0 Å². The number of hydrogen-bond donors (Lipinski definition) is 1. The van der Waals surface area contributed by atoms with E-state index in [-0.39, 0.29) is 0 Å². The van der Waals surface area contributed by atoms with Crippen LogP contribution in [-0.4, -0.2) is 21.1 Å². The average molecular weight is 267 g/mol. The Morgan fingerprint density at radius 1 is 1.59 bits per heavy atom. The van der Waals surface area contributed by atoms with E-state index in [1.54, 1.807) is 10.9 Å². The second-order valence-corrected chi connectivity index (χ2v) is 4.23. The van der Waals surface area contributed by atoms with Crippen LogP contribution in [0.1, 0.15) is 18.3 Å². The standard InChI is InChI=1S/C11H11ClN4S/c1-2-10-14-15-11(17)16(10)13-7-8-4-3-5-9(12)6-8/h3-7H,2H2,1H3,(H,15,17)/b13-7-. The van der Waals surface area contributed by atoms with Crippen LogP contribution in [0.25, 0.3) is 0 Å². The van der Waals surface area contributed by atoms with E-state index in [2.05, 4.69) is 15.3 Å². The molecule has 0 fully saturated rings. The summed E-state index contributed by atoms with van der Waals surface area (Å²) in [4.78, 5) is 0. The molecule has 17 heavy (non-hydrogen) atoms. The minimum Gasteiger partial charge on any atom is -0.250 e. The predicted molar refractivity (Wildman–Crippen MR) is 71.2 cm³/mol. The molecule has 2 aromatic rings. The highest BCUT2D eigenvalue weighted by Crippen LogP contribution is 2.09. The Hall–Kier alpha value is -1.46. The van der Waals surface area contributed by atoms with Gasteiger partial charge in [-0.15, -0.1) is 0 Å². The summed E-state index contributed by atoms with van der Waals surface area (Å²) in [6.07, 6.45) is 2.47. The number of rotatable bonds is 3. The third-order valence-corrected chi connectivity index (χ3v) is 2.70. The number of aromatic nitrogens is 3. The molecule has 1 aromatic carbocycles. The number of nitrogens with zero attached hydrogens (tertiary/aromatic N) is 3. The van der Waals surface area contributed by atoms with E-state index in [0.717, 1.165) is 17.8 Å². The van der Waals surface area contributed by atoms with Crippen molar-refractivity contribution in [2.24, 2.45) is 5.10 Å². The molecule has 0 amide bonds. The quantitative estimate of drug-likeness (QED) is 0.686. The lowest BCUT2D eigenvalue weighted by Gasteiger charge is -1.97. The molecule has 88 valence electrons. The lowest BCUT2D eigenvalue weighted by molar-refractivity contribution is 0.780. The molecule has 0 atom stereocenters. The smallest absolute Gasteiger partial charge is 0.216 e. The fourth-order valence-electron chi connectivity index (χ4n) is 1.38. The molecule has 0 aliphatic heterocycles. The maximum absolute atomic E-state index is 5.89. The van der Waals surface area contributed by atoms with E-state index in [0.29, 0.717) is 9.79 Å². The maximum atomic E-state index is 5.89. The molecule has 1 aromatic heterocycles. The molecular weight excluding hydrogens is 256 g/mol. The summed E-state index contributed by atoms with van der Waals surface area (Å²) in [5.74, 6) is 0.799. The van der Waals surface area contributed by atoms with Gasteiger partial charge in [0.2, 0.25) is 4.77 Å². The summed E-state index contributed by atoms with van der Waals surface area (Å²) >= 11 is 11.0. The van der Waals surface area contributed by atoms with Gasteiger partial charge < -0.3 is 0 Å². The first-order valence-corrected chi connectivity index (χ1v) is 5.95. The molecule has 6 heteroatoms. The molecule has 0 bridgehead atoms. The number of H-pyrrole nitrogens is 1. The Labute approximate surface area is 109 Å². The van der Waals surface area contributed by atoms with Gasteiger partial charge in [0.1, 0.15) is 0 Å². The van der Waals surface area contributed by atoms with Crippen molar-refractivity contribution < 1.29 is 0 Å². The lowest BCUT2D eigenvalue weighted by Crippen LogP contribution is -1.97. The highest BCUT2D eigenvalue weighted by molar-refractivity contribution is 7.71. The fourth-order valence-corrected chi connectivity index (χ4v) is 1.78. The Morgan fingerprint density at radius 3 is 3.12 bits per heavy atom. The molecule has 0 unspecified atom stereocenters. The van der Waals surface area contributed by atoms with Gasteiger partial charge in [-0.05, 0) is 29.9 Å². The maximum Gasteiger partial charge on any atom is 0.216 e. The van der Waals surface area contributed by atoms with Crippen molar-refractivity contribution in [1.82, 2.24) is 14.9 Å². The van der Waals surface area contributed by atoms with Crippen LogP contribution in [-0.2, 0) is 6.42 Å². The zero-order chi connectivity index (χ0) is 12.3. The van der Waals surface area contributed by atoms with E-state index in [9.17, 15) is 0 Å². The second kappa shape index (κ2) is 5.25. The fraction of sp³-hybridized carbons (Fsp3) is 0.182. The van der Waals surface area contributed by atoms with Gasteiger partial charge in [0.15, 0.2) is 5.82 Å². The molecule has 0 aliphatic rings. The summed E-state index contributed by atoms with van der Waals surface area (Å²) in [5, 5.41) is 11.7. The second-order valence-electron chi connectivity index (χ2n) is 3.41. The summed E-state index contributed by atoms with van der Waals surface area (Å²) < 4.78 is 2.09. The predicted octanol–water partition coefficient (Wildman–Crippen LogP) is 3.04. The SMILES string of the molecule is CCc1n[nH]c(=S)n1/N=C\c1cccc(Cl)c1. The molecule has 0 spiro atoms. The van der Waals surface area contributed by atoms with Crippen molar-refractivity contribution in [3.63, 3.8) is 0 Å². The molecule has 2 rings (SSSR count). The summed E-state index contributed by atoms with van der Waals surface area (Å²) in [7, 11) is 0. The van der Waals surface area contributed by atoms with Crippen LogP contribution in [0, 0.1) is 4.77 Å². The molecule has 4 nitrogen and oxygen atoms in total. The van der Waals surface area contributed by atoms with Gasteiger partial charge in [-0.1, -0.05) is 30.7 Å². The molecule has 1 heterocycles. The van der Waals surface area contributed by atoms with Gasteiger partial charge in [0.25, 0.3) is 0 Å². The third kappa shape index (κ3) is 2.81. The van der Waals surface area contributed by atoms with E-state index < -0.39 is 0 Å². The van der Waals surface area contributed by atoms with E-state index >= 15 is 0 Å². The van der Waals surface area contributed by atoms with Crippen molar-refractivity contribution >= 4 is 30.0 Å². The van der Waals surface area contributed by atoms with Gasteiger partial charge >= 0.3 is 0 Å². The minimum absolute atomic E-state index is 0.486. The molecule has 0 radical (unpaired) electrons. The number of aryl methyl sites for hydroxylation is 1. The van der Waals surface area contributed by atoms with E-state index in [1.807, 2.05) is 31.2 Å². The number of benzene rings is 1. The first-order chi connectivity index (χ1) is 8.20. The van der Waals surface area contributed by atoms with Crippen molar-refractivity contribution in [2.75, 3.05) is 0 Å². The molecule has 0 saturated carbocycles. The zero-order valence-electron chi connectivity index (χ0n) is 9.22. The first-order valence-electron chi connectivity index (χ1n) is 5.17. The van der Waals surface area contributed by atoms with Gasteiger partial charge in [-0.2, -0.15) is 14.9 Å². The zero-order valence-corrected chi connectivity index (χ0v) is 10.8. The van der Waals surface area contributed by atoms with Crippen molar-refractivity contribution in [3.05, 3.63) is 45.4 Å². The monoisotopic (exact) mass is 266 g/mol.